The van der Waals surface area contributed by atoms with Gasteiger partial charge in [0.2, 0.25) is 11.8 Å². The highest BCUT2D eigenvalue weighted by atomic mass is 35.5. The Bertz CT molecular complexity index is 317. The average Bonchev–Trinajstić information content (AvgIpc) is 2.32. The Morgan fingerprint density at radius 1 is 1.19 bits per heavy atom. The minimum Gasteiger partial charge on any atom is -0.464 e. The highest BCUT2D eigenvalue weighted by molar-refractivity contribution is 6.28. The van der Waals surface area contributed by atoms with Crippen molar-refractivity contribution in [2.75, 3.05) is 18.9 Å². The largest absolute Gasteiger partial charge is 0.464 e. The lowest BCUT2D eigenvalue weighted by atomic mass is 10.4. The van der Waals surface area contributed by atoms with Crippen molar-refractivity contribution in [2.45, 2.75) is 0 Å². The third-order valence-electron chi connectivity index (χ3n) is 1.30. The topological polar surface area (TPSA) is 84.5 Å². The maximum Gasteiger partial charge on any atom is 0.356 e. The summed E-state index contributed by atoms with van der Waals surface area (Å²) in [5, 5.41) is 4.34. The number of amides is 2. The summed E-state index contributed by atoms with van der Waals surface area (Å²) in [4.78, 5) is 32.9. The van der Waals surface area contributed by atoms with Crippen LogP contribution in [-0.4, -0.2) is 36.7 Å². The molecule has 0 aliphatic carbocycles. The Morgan fingerprint density at radius 3 is 2.19 bits per heavy atom. The van der Waals surface area contributed by atoms with E-state index in [1.54, 1.807) is 0 Å². The van der Waals surface area contributed by atoms with E-state index < -0.39 is 17.8 Å². The number of methoxy groups -OCH3 is 1. The maximum absolute atomic E-state index is 11.1. The number of hydrogen-bond acceptors (Lipinski definition) is 4. The summed E-state index contributed by atoms with van der Waals surface area (Å²) < 4.78 is 4.37. The molecule has 0 aromatic rings. The molecule has 0 bridgehead atoms. The van der Waals surface area contributed by atoms with Crippen molar-refractivity contribution < 1.29 is 19.1 Å². The molecule has 0 aliphatic heterocycles. The van der Waals surface area contributed by atoms with Gasteiger partial charge in [0.1, 0.15) is 17.5 Å². The van der Waals surface area contributed by atoms with Crippen LogP contribution in [0.2, 0.25) is 0 Å². The van der Waals surface area contributed by atoms with E-state index in [1.165, 1.54) is 0 Å². The summed E-state index contributed by atoms with van der Waals surface area (Å²) in [6.07, 6.45) is 0.987. The van der Waals surface area contributed by atoms with Crippen LogP contribution in [0, 0.1) is 0 Å². The van der Waals surface area contributed by atoms with Crippen LogP contribution in [0.3, 0.4) is 0 Å². The van der Waals surface area contributed by atoms with Crippen LogP contribution in [0.5, 0.6) is 0 Å². The Balaban J connectivity index is 4.59. The molecule has 0 rings (SSSR count). The first kappa shape index (κ1) is 14.7. The van der Waals surface area contributed by atoms with Crippen LogP contribution in [0.4, 0.5) is 0 Å². The van der Waals surface area contributed by atoms with Gasteiger partial charge >= 0.3 is 5.97 Å². The maximum atomic E-state index is 11.1. The van der Waals surface area contributed by atoms with Crippen LogP contribution in [0.25, 0.3) is 0 Å². The van der Waals surface area contributed by atoms with Crippen LogP contribution in [-0.2, 0) is 19.1 Å². The van der Waals surface area contributed by atoms with E-state index in [4.69, 9.17) is 23.2 Å². The minimum absolute atomic E-state index is 0.230. The van der Waals surface area contributed by atoms with Gasteiger partial charge in [0.15, 0.2) is 0 Å². The van der Waals surface area contributed by atoms with Gasteiger partial charge in [0, 0.05) is 6.20 Å². The summed E-state index contributed by atoms with van der Waals surface area (Å²) >= 11 is 10.5. The third kappa shape index (κ3) is 5.57. The van der Waals surface area contributed by atoms with Crippen molar-refractivity contribution >= 4 is 41.0 Å². The predicted molar refractivity (Wildman–Crippen MR) is 57.8 cm³/mol. The first-order valence-corrected chi connectivity index (χ1v) is 5.11. The van der Waals surface area contributed by atoms with Crippen molar-refractivity contribution in [3.8, 4) is 0 Å². The first-order valence-electron chi connectivity index (χ1n) is 4.04. The molecule has 90 valence electrons. The molecule has 0 fully saturated rings. The number of carbonyl (C=O) groups is 3. The molecule has 0 radical (unpaired) electrons. The van der Waals surface area contributed by atoms with Gasteiger partial charge in [0.25, 0.3) is 0 Å². The summed E-state index contributed by atoms with van der Waals surface area (Å²) in [6.45, 7) is 0. The molecular weight excluding hydrogens is 259 g/mol. The lowest BCUT2D eigenvalue weighted by Gasteiger charge is -2.06. The van der Waals surface area contributed by atoms with Gasteiger partial charge in [-0.25, -0.2) is 4.79 Å². The van der Waals surface area contributed by atoms with E-state index in [9.17, 15) is 14.4 Å². The molecule has 6 nitrogen and oxygen atoms in total. The molecule has 0 atom stereocenters. The monoisotopic (exact) mass is 268 g/mol. The van der Waals surface area contributed by atoms with Crippen molar-refractivity contribution in [2.24, 2.45) is 0 Å². The van der Waals surface area contributed by atoms with E-state index in [2.05, 4.69) is 15.4 Å². The van der Waals surface area contributed by atoms with Gasteiger partial charge in [-0.15, -0.1) is 23.2 Å². The first-order chi connectivity index (χ1) is 7.54. The summed E-state index contributed by atoms with van der Waals surface area (Å²) in [6, 6.07) is 0. The number of alkyl halides is 2. The van der Waals surface area contributed by atoms with Crippen molar-refractivity contribution in [3.63, 3.8) is 0 Å². The summed E-state index contributed by atoms with van der Waals surface area (Å²) in [7, 11) is 1.13. The molecule has 0 heterocycles. The predicted octanol–water partition coefficient (Wildman–Crippen LogP) is -0.289. The number of rotatable bonds is 5. The standard InChI is InChI=1S/C8H10Cl2N2O4/c1-16-8(15)5(12-7(14)3-10)4-11-6(13)2-9/h4H,2-3H2,1H3,(H,11,13)(H,12,14)/b5-4-. The van der Waals surface area contributed by atoms with Crippen LogP contribution >= 0.6 is 23.2 Å². The van der Waals surface area contributed by atoms with Gasteiger partial charge in [-0.2, -0.15) is 0 Å². The molecule has 16 heavy (non-hydrogen) atoms. The van der Waals surface area contributed by atoms with E-state index in [0.717, 1.165) is 13.3 Å². The second-order valence-corrected chi connectivity index (χ2v) is 2.97. The number of hydrogen-bond donors (Lipinski definition) is 2. The molecule has 0 unspecified atom stereocenters. The molecule has 2 N–H and O–H groups in total. The highest BCUT2D eigenvalue weighted by Crippen LogP contribution is 1.92. The van der Waals surface area contributed by atoms with Gasteiger partial charge in [0.05, 0.1) is 7.11 Å². The summed E-state index contributed by atoms with van der Waals surface area (Å²) in [5.74, 6) is -2.53. The third-order valence-corrected chi connectivity index (χ3v) is 1.79. The molecule has 0 saturated carbocycles. The smallest absolute Gasteiger partial charge is 0.356 e. The lowest BCUT2D eigenvalue weighted by molar-refractivity contribution is -0.137. The van der Waals surface area contributed by atoms with E-state index in [0.29, 0.717) is 0 Å². The zero-order chi connectivity index (χ0) is 12.6. The fourth-order valence-electron chi connectivity index (χ4n) is 0.631. The van der Waals surface area contributed by atoms with Crippen molar-refractivity contribution in [3.05, 3.63) is 11.9 Å². The fourth-order valence-corrected chi connectivity index (χ4v) is 0.775. The van der Waals surface area contributed by atoms with Gasteiger partial charge in [-0.1, -0.05) is 0 Å². The molecule has 0 spiro atoms. The van der Waals surface area contributed by atoms with Crippen LogP contribution in [0.15, 0.2) is 11.9 Å². The molecule has 0 aromatic carbocycles. The second kappa shape index (κ2) is 7.95. The fraction of sp³-hybridized carbons (Fsp3) is 0.375. The molecule has 0 aliphatic rings. The quantitative estimate of drug-likeness (QED) is 0.408. The van der Waals surface area contributed by atoms with Crippen molar-refractivity contribution in [1.29, 1.82) is 0 Å². The van der Waals surface area contributed by atoms with E-state index in [-0.39, 0.29) is 17.5 Å². The van der Waals surface area contributed by atoms with Gasteiger partial charge < -0.3 is 15.4 Å². The number of esters is 1. The second-order valence-electron chi connectivity index (χ2n) is 2.43. The van der Waals surface area contributed by atoms with Crippen molar-refractivity contribution in [1.82, 2.24) is 10.6 Å². The molecule has 8 heteroatoms. The van der Waals surface area contributed by atoms with Gasteiger partial charge in [-0.05, 0) is 0 Å². The molecule has 2 amide bonds. The Hall–Kier alpha value is -1.27. The normalized spacial score (nSPS) is 10.6. The molecular formula is C8H10Cl2N2O4. The number of carbonyl (C=O) groups excluding carboxylic acids is 3. The number of halogens is 2. The highest BCUT2D eigenvalue weighted by Gasteiger charge is 2.12. The number of ether oxygens (including phenoxy) is 1. The van der Waals surface area contributed by atoms with Gasteiger partial charge in [-0.3, -0.25) is 9.59 Å². The Kier molecular flexibility index (Phi) is 7.32. The zero-order valence-electron chi connectivity index (χ0n) is 8.38. The van der Waals surface area contributed by atoms with Crippen LogP contribution < -0.4 is 10.6 Å². The SMILES string of the molecule is COC(=O)/C(=C/NC(=O)CCl)NC(=O)CCl. The summed E-state index contributed by atoms with van der Waals surface area (Å²) in [5.41, 5.74) is -0.230. The average molecular weight is 269 g/mol. The van der Waals surface area contributed by atoms with E-state index >= 15 is 0 Å². The minimum atomic E-state index is -0.812. The molecule has 0 aromatic heterocycles. The van der Waals surface area contributed by atoms with E-state index in [1.807, 2.05) is 0 Å². The zero-order valence-corrected chi connectivity index (χ0v) is 9.89. The lowest BCUT2D eigenvalue weighted by Crippen LogP contribution is -2.31. The Labute approximate surface area is 102 Å². The van der Waals surface area contributed by atoms with Crippen LogP contribution in [0.1, 0.15) is 0 Å². The molecule has 0 saturated heterocycles. The number of nitrogens with one attached hydrogen (secondary N) is 2. The Morgan fingerprint density at radius 2 is 1.75 bits per heavy atom.